The number of rotatable bonds is 5. The van der Waals surface area contributed by atoms with Crippen molar-refractivity contribution in [3.63, 3.8) is 0 Å². The molecule has 0 bridgehead atoms. The summed E-state index contributed by atoms with van der Waals surface area (Å²) in [6.07, 6.45) is 0.0268. The molecule has 0 radical (unpaired) electrons. The third-order valence-electron chi connectivity index (χ3n) is 2.47. The number of sulfone groups is 1. The first-order valence-electron chi connectivity index (χ1n) is 5.56. The van der Waals surface area contributed by atoms with Crippen molar-refractivity contribution < 1.29 is 13.2 Å². The van der Waals surface area contributed by atoms with Crippen LogP contribution in [0.1, 0.15) is 6.42 Å². The fourth-order valence-corrected chi connectivity index (χ4v) is 2.92. The van der Waals surface area contributed by atoms with Gasteiger partial charge in [0.15, 0.2) is 9.84 Å². The summed E-state index contributed by atoms with van der Waals surface area (Å²) in [5, 5.41) is 0. The normalized spacial score (nSPS) is 13.1. The SMILES string of the molecule is CN(C)C(=O)C[C@@H](N)CS(=O)(=O)c1ccccc1. The Labute approximate surface area is 108 Å². The van der Waals surface area contributed by atoms with Crippen LogP contribution >= 0.6 is 0 Å². The quantitative estimate of drug-likeness (QED) is 0.832. The predicted octanol–water partition coefficient (Wildman–Crippen LogP) is 0.266. The molecule has 100 valence electrons. The van der Waals surface area contributed by atoms with Crippen LogP contribution < -0.4 is 5.73 Å². The first kappa shape index (κ1) is 14.7. The third kappa shape index (κ3) is 4.12. The van der Waals surface area contributed by atoms with Crippen LogP contribution in [0.4, 0.5) is 0 Å². The Morgan fingerprint density at radius 2 is 1.83 bits per heavy atom. The maximum absolute atomic E-state index is 12.0. The lowest BCUT2D eigenvalue weighted by Crippen LogP contribution is -2.35. The van der Waals surface area contributed by atoms with E-state index in [1.54, 1.807) is 32.3 Å². The van der Waals surface area contributed by atoms with Crippen LogP contribution in [-0.2, 0) is 14.6 Å². The number of nitrogens with two attached hydrogens (primary N) is 1. The molecule has 0 aromatic heterocycles. The molecule has 1 amide bonds. The van der Waals surface area contributed by atoms with E-state index < -0.39 is 15.9 Å². The Kier molecular flexibility index (Phi) is 4.86. The Bertz CT molecular complexity index is 497. The number of nitrogens with zero attached hydrogens (tertiary/aromatic N) is 1. The van der Waals surface area contributed by atoms with E-state index in [1.165, 1.54) is 17.0 Å². The van der Waals surface area contributed by atoms with Gasteiger partial charge in [-0.25, -0.2) is 8.42 Å². The van der Waals surface area contributed by atoms with Gasteiger partial charge < -0.3 is 10.6 Å². The van der Waals surface area contributed by atoms with E-state index in [-0.39, 0.29) is 23.0 Å². The first-order valence-corrected chi connectivity index (χ1v) is 7.21. The highest BCUT2D eigenvalue weighted by Crippen LogP contribution is 2.11. The molecule has 0 saturated carbocycles. The summed E-state index contributed by atoms with van der Waals surface area (Å²) in [5.74, 6) is -0.401. The third-order valence-corrected chi connectivity index (χ3v) is 4.33. The molecule has 6 heteroatoms. The molecule has 0 unspecified atom stereocenters. The number of amides is 1. The average molecular weight is 270 g/mol. The fraction of sp³-hybridized carbons (Fsp3) is 0.417. The van der Waals surface area contributed by atoms with E-state index in [2.05, 4.69) is 0 Å². The second kappa shape index (κ2) is 5.97. The Morgan fingerprint density at radius 3 is 2.33 bits per heavy atom. The molecule has 0 aliphatic rings. The number of carbonyl (C=O) groups excluding carboxylic acids is 1. The van der Waals surface area contributed by atoms with Gasteiger partial charge in [0.2, 0.25) is 5.91 Å². The molecule has 0 heterocycles. The summed E-state index contributed by atoms with van der Waals surface area (Å²) >= 11 is 0. The molecule has 5 nitrogen and oxygen atoms in total. The summed E-state index contributed by atoms with van der Waals surface area (Å²) in [7, 11) is -0.203. The van der Waals surface area contributed by atoms with Gasteiger partial charge in [0.1, 0.15) is 0 Å². The topological polar surface area (TPSA) is 80.5 Å². The van der Waals surface area contributed by atoms with Crippen molar-refractivity contribution in [2.24, 2.45) is 5.73 Å². The van der Waals surface area contributed by atoms with Gasteiger partial charge in [-0.15, -0.1) is 0 Å². The lowest BCUT2D eigenvalue weighted by Gasteiger charge is -2.15. The molecule has 0 aliphatic heterocycles. The first-order chi connectivity index (χ1) is 8.33. The van der Waals surface area contributed by atoms with Crippen molar-refractivity contribution in [3.8, 4) is 0 Å². The van der Waals surface area contributed by atoms with Crippen molar-refractivity contribution in [2.75, 3.05) is 19.8 Å². The summed E-state index contributed by atoms with van der Waals surface area (Å²) in [6, 6.07) is 7.41. The summed E-state index contributed by atoms with van der Waals surface area (Å²) in [5.41, 5.74) is 5.71. The van der Waals surface area contributed by atoms with E-state index in [0.717, 1.165) is 0 Å². The minimum absolute atomic E-state index is 0.0268. The highest BCUT2D eigenvalue weighted by Gasteiger charge is 2.21. The van der Waals surface area contributed by atoms with Gasteiger partial charge in [0.25, 0.3) is 0 Å². The van der Waals surface area contributed by atoms with Crippen LogP contribution in [0.25, 0.3) is 0 Å². The van der Waals surface area contributed by atoms with Gasteiger partial charge in [-0.2, -0.15) is 0 Å². The maximum atomic E-state index is 12.0. The molecule has 18 heavy (non-hydrogen) atoms. The van der Waals surface area contributed by atoms with Gasteiger partial charge in [-0.05, 0) is 12.1 Å². The van der Waals surface area contributed by atoms with Crippen LogP contribution in [0.15, 0.2) is 35.2 Å². The molecule has 1 atom stereocenters. The van der Waals surface area contributed by atoms with Crippen LogP contribution in [0.2, 0.25) is 0 Å². The zero-order valence-corrected chi connectivity index (χ0v) is 11.4. The van der Waals surface area contributed by atoms with E-state index >= 15 is 0 Å². The smallest absolute Gasteiger partial charge is 0.223 e. The van der Waals surface area contributed by atoms with Gasteiger partial charge in [-0.1, -0.05) is 18.2 Å². The molecule has 0 spiro atoms. The lowest BCUT2D eigenvalue weighted by atomic mass is 10.2. The summed E-state index contributed by atoms with van der Waals surface area (Å²) in [6.45, 7) is 0. The van der Waals surface area contributed by atoms with Gasteiger partial charge in [0.05, 0.1) is 10.6 Å². The highest BCUT2D eigenvalue weighted by atomic mass is 32.2. The van der Waals surface area contributed by atoms with Crippen LogP contribution in [0.5, 0.6) is 0 Å². The van der Waals surface area contributed by atoms with Crippen molar-refractivity contribution >= 4 is 15.7 Å². The number of carbonyl (C=O) groups is 1. The number of hydrogen-bond donors (Lipinski definition) is 1. The monoisotopic (exact) mass is 270 g/mol. The molecule has 1 rings (SSSR count). The molecule has 0 saturated heterocycles. The Morgan fingerprint density at radius 1 is 1.28 bits per heavy atom. The molecule has 0 aliphatic carbocycles. The van der Waals surface area contributed by atoms with Crippen molar-refractivity contribution in [3.05, 3.63) is 30.3 Å². The van der Waals surface area contributed by atoms with Crippen LogP contribution in [-0.4, -0.2) is 45.1 Å². The fourth-order valence-electron chi connectivity index (χ4n) is 1.47. The molecule has 1 aromatic rings. The number of benzene rings is 1. The molecule has 2 N–H and O–H groups in total. The second-order valence-corrected chi connectivity index (χ2v) is 6.38. The standard InChI is InChI=1S/C12H18N2O3S/c1-14(2)12(15)8-10(13)9-18(16,17)11-6-4-3-5-7-11/h3-7,10H,8-9,13H2,1-2H3/t10-/m1/s1. The predicted molar refractivity (Wildman–Crippen MR) is 69.8 cm³/mol. The van der Waals surface area contributed by atoms with Gasteiger partial charge >= 0.3 is 0 Å². The van der Waals surface area contributed by atoms with Crippen molar-refractivity contribution in [1.29, 1.82) is 0 Å². The van der Waals surface area contributed by atoms with Gasteiger partial charge in [-0.3, -0.25) is 4.79 Å². The average Bonchev–Trinajstić information content (AvgIpc) is 2.29. The Hall–Kier alpha value is -1.40. The second-order valence-electron chi connectivity index (χ2n) is 4.35. The highest BCUT2D eigenvalue weighted by molar-refractivity contribution is 7.91. The van der Waals surface area contributed by atoms with Crippen LogP contribution in [0, 0.1) is 0 Å². The lowest BCUT2D eigenvalue weighted by molar-refractivity contribution is -0.128. The van der Waals surface area contributed by atoms with E-state index in [1.807, 2.05) is 0 Å². The molecule has 0 fully saturated rings. The molecule has 1 aromatic carbocycles. The van der Waals surface area contributed by atoms with Gasteiger partial charge in [0, 0.05) is 26.6 Å². The van der Waals surface area contributed by atoms with E-state index in [0.29, 0.717) is 0 Å². The zero-order valence-electron chi connectivity index (χ0n) is 10.5. The largest absolute Gasteiger partial charge is 0.349 e. The summed E-state index contributed by atoms with van der Waals surface area (Å²) < 4.78 is 24.0. The van der Waals surface area contributed by atoms with E-state index in [4.69, 9.17) is 5.73 Å². The minimum atomic E-state index is -3.43. The van der Waals surface area contributed by atoms with Crippen molar-refractivity contribution in [1.82, 2.24) is 4.90 Å². The van der Waals surface area contributed by atoms with E-state index in [9.17, 15) is 13.2 Å². The Balaban J connectivity index is 2.70. The summed E-state index contributed by atoms with van der Waals surface area (Å²) in [4.78, 5) is 13.1. The molecular weight excluding hydrogens is 252 g/mol. The minimum Gasteiger partial charge on any atom is -0.349 e. The van der Waals surface area contributed by atoms with Crippen molar-refractivity contribution in [2.45, 2.75) is 17.4 Å². The zero-order chi connectivity index (χ0) is 13.8. The molecular formula is C12H18N2O3S. The van der Waals surface area contributed by atoms with Crippen LogP contribution in [0.3, 0.4) is 0 Å². The maximum Gasteiger partial charge on any atom is 0.223 e. The number of hydrogen-bond acceptors (Lipinski definition) is 4.